The van der Waals surface area contributed by atoms with Gasteiger partial charge >= 0.3 is 0 Å². The molecule has 1 atom stereocenters. The molecule has 1 fully saturated rings. The first-order valence-corrected chi connectivity index (χ1v) is 12.3. The van der Waals surface area contributed by atoms with Crippen molar-refractivity contribution in [2.24, 2.45) is 4.36 Å². The molecule has 0 bridgehead atoms. The Balaban J connectivity index is 1.68. The van der Waals surface area contributed by atoms with Crippen molar-refractivity contribution in [2.75, 3.05) is 36.6 Å². The van der Waals surface area contributed by atoms with Gasteiger partial charge in [-0.15, -0.1) is 0 Å². The lowest BCUT2D eigenvalue weighted by Crippen LogP contribution is -2.27. The van der Waals surface area contributed by atoms with Crippen molar-refractivity contribution in [3.8, 4) is 0 Å². The maximum Gasteiger partial charge on any atom is 0.258 e. The Morgan fingerprint density at radius 1 is 1.28 bits per heavy atom. The molecule has 1 aliphatic rings. The topological polar surface area (TPSA) is 84.8 Å². The molecule has 158 valence electrons. The van der Waals surface area contributed by atoms with E-state index in [2.05, 4.69) is 18.6 Å². The Hall–Kier alpha value is -1.84. The van der Waals surface area contributed by atoms with Crippen molar-refractivity contribution in [2.45, 2.75) is 39.2 Å². The lowest BCUT2D eigenvalue weighted by molar-refractivity contribution is -0.117. The molecule has 0 N–H and O–H groups in total. The summed E-state index contributed by atoms with van der Waals surface area (Å²) in [5.74, 6) is 1.11. The maximum absolute atomic E-state index is 13.2. The van der Waals surface area contributed by atoms with Gasteiger partial charge in [0.2, 0.25) is 5.13 Å². The highest BCUT2D eigenvalue weighted by Gasteiger charge is 2.27. The summed E-state index contributed by atoms with van der Waals surface area (Å²) in [6.07, 6.45) is 0.884. The van der Waals surface area contributed by atoms with Crippen LogP contribution >= 0.6 is 11.5 Å². The van der Waals surface area contributed by atoms with Gasteiger partial charge in [0, 0.05) is 43.2 Å². The van der Waals surface area contributed by atoms with Gasteiger partial charge in [-0.2, -0.15) is 8.74 Å². The lowest BCUT2D eigenvalue weighted by atomic mass is 10.1. The molecule has 9 heteroatoms. The van der Waals surface area contributed by atoms with Gasteiger partial charge in [-0.3, -0.25) is 4.79 Å². The van der Waals surface area contributed by atoms with Crippen LogP contribution in [0.2, 0.25) is 0 Å². The van der Waals surface area contributed by atoms with Crippen LogP contribution in [-0.4, -0.2) is 51.2 Å². The average Bonchev–Trinajstić information content (AvgIpc) is 3.09. The van der Waals surface area contributed by atoms with Crippen LogP contribution in [0.25, 0.3) is 0 Å². The molecule has 1 amide bonds. The third-order valence-corrected chi connectivity index (χ3v) is 8.11. The van der Waals surface area contributed by atoms with E-state index in [4.69, 9.17) is 4.74 Å². The Morgan fingerprint density at radius 2 is 2.00 bits per heavy atom. The van der Waals surface area contributed by atoms with Crippen molar-refractivity contribution < 1.29 is 13.7 Å². The summed E-state index contributed by atoms with van der Waals surface area (Å²) in [5.41, 5.74) is 1.48. The van der Waals surface area contributed by atoms with Crippen LogP contribution < -0.4 is 4.90 Å². The predicted octanol–water partition coefficient (Wildman–Crippen LogP) is 3.18. The van der Waals surface area contributed by atoms with Crippen LogP contribution in [0.3, 0.4) is 0 Å². The fourth-order valence-electron chi connectivity index (χ4n) is 3.01. The number of nitrogens with zero attached hydrogens (tertiary/aromatic N) is 4. The third-order valence-electron chi connectivity index (χ3n) is 5.05. The van der Waals surface area contributed by atoms with Crippen LogP contribution in [0.4, 0.5) is 5.13 Å². The summed E-state index contributed by atoms with van der Waals surface area (Å²) in [6, 6.07) is 7.76. The minimum absolute atomic E-state index is 0.187. The molecule has 1 aromatic carbocycles. The van der Waals surface area contributed by atoms with Gasteiger partial charge < -0.3 is 9.64 Å². The smallest absolute Gasteiger partial charge is 0.258 e. The fraction of sp³-hybridized carbons (Fsp3) is 0.550. The molecular formula is C20H28N4O3S2. The van der Waals surface area contributed by atoms with Gasteiger partial charge in [0.05, 0.1) is 16.1 Å². The number of methoxy groups -OCH3 is 1. The number of hydrogen-bond donors (Lipinski definition) is 0. The Morgan fingerprint density at radius 3 is 2.69 bits per heavy atom. The minimum atomic E-state index is -2.56. The van der Waals surface area contributed by atoms with Gasteiger partial charge in [-0.1, -0.05) is 29.8 Å². The zero-order chi connectivity index (χ0) is 21.1. The first kappa shape index (κ1) is 21.9. The number of carbonyl (C=O) groups excluding carboxylic acids is 1. The molecule has 1 aliphatic heterocycles. The molecule has 2 aromatic rings. The Bertz CT molecular complexity index is 976. The van der Waals surface area contributed by atoms with Gasteiger partial charge in [0.15, 0.2) is 5.82 Å². The number of carbonyl (C=O) groups is 1. The highest BCUT2D eigenvalue weighted by atomic mass is 32.2. The van der Waals surface area contributed by atoms with Gasteiger partial charge in [0.1, 0.15) is 5.60 Å². The van der Waals surface area contributed by atoms with Crippen molar-refractivity contribution in [1.29, 1.82) is 0 Å². The summed E-state index contributed by atoms with van der Waals surface area (Å²) < 4.78 is 27.2. The molecule has 2 heterocycles. The van der Waals surface area contributed by atoms with Crippen LogP contribution in [-0.2, 0) is 31.3 Å². The van der Waals surface area contributed by atoms with Crippen molar-refractivity contribution >= 4 is 32.3 Å². The quantitative estimate of drug-likeness (QED) is 0.716. The molecule has 0 spiro atoms. The molecule has 3 rings (SSSR count). The molecule has 0 saturated carbocycles. The largest absolute Gasteiger partial charge is 0.371 e. The Kier molecular flexibility index (Phi) is 6.70. The molecule has 1 aromatic heterocycles. The number of ether oxygens (including phenoxy) is 1. The van der Waals surface area contributed by atoms with Gasteiger partial charge in [-0.25, -0.2) is 9.19 Å². The summed E-state index contributed by atoms with van der Waals surface area (Å²) in [4.78, 5) is 19.1. The molecule has 1 unspecified atom stereocenters. The first-order chi connectivity index (χ1) is 13.7. The van der Waals surface area contributed by atoms with Crippen molar-refractivity contribution in [3.63, 3.8) is 0 Å². The second kappa shape index (κ2) is 8.89. The predicted molar refractivity (Wildman–Crippen MR) is 117 cm³/mol. The maximum atomic E-state index is 13.2. The van der Waals surface area contributed by atoms with E-state index in [1.807, 2.05) is 45.0 Å². The van der Waals surface area contributed by atoms with E-state index < -0.39 is 15.3 Å². The summed E-state index contributed by atoms with van der Waals surface area (Å²) in [6.45, 7) is 7.11. The standard InChI is InChI=1S/C20H28N4O3S2/c1-15-6-8-16(9-7-15)14-17(25)23-29(26)12-5-10-24(11-13-29)19-21-18(22-28-19)20(2,3)27-4/h6-9H,5,10-14H2,1-4H3. The number of aromatic nitrogens is 2. The molecule has 0 radical (unpaired) electrons. The van der Waals surface area contributed by atoms with E-state index in [0.29, 0.717) is 30.3 Å². The van der Waals surface area contributed by atoms with E-state index in [1.165, 1.54) is 11.5 Å². The second-order valence-electron chi connectivity index (χ2n) is 7.78. The summed E-state index contributed by atoms with van der Waals surface area (Å²) in [7, 11) is -0.920. The monoisotopic (exact) mass is 436 g/mol. The number of anilines is 1. The number of hydrogen-bond acceptors (Lipinski definition) is 7. The van der Waals surface area contributed by atoms with Crippen LogP contribution in [0, 0.1) is 6.92 Å². The van der Waals surface area contributed by atoms with Crippen molar-refractivity contribution in [3.05, 3.63) is 41.2 Å². The van der Waals surface area contributed by atoms with E-state index in [9.17, 15) is 9.00 Å². The average molecular weight is 437 g/mol. The molecule has 7 nitrogen and oxygen atoms in total. The third kappa shape index (κ3) is 5.61. The minimum Gasteiger partial charge on any atom is -0.371 e. The van der Waals surface area contributed by atoms with Gasteiger partial charge in [-0.05, 0) is 32.8 Å². The number of benzene rings is 1. The van der Waals surface area contributed by atoms with Crippen LogP contribution in [0.5, 0.6) is 0 Å². The van der Waals surface area contributed by atoms with Crippen LogP contribution in [0.15, 0.2) is 28.6 Å². The van der Waals surface area contributed by atoms with Gasteiger partial charge in [0.25, 0.3) is 5.91 Å². The number of aryl methyl sites for hydroxylation is 1. The highest BCUT2D eigenvalue weighted by Crippen LogP contribution is 2.27. The molecular weight excluding hydrogens is 408 g/mol. The second-order valence-corrected chi connectivity index (χ2v) is 11.1. The summed E-state index contributed by atoms with van der Waals surface area (Å²) in [5, 5.41) is 0.791. The lowest BCUT2D eigenvalue weighted by Gasteiger charge is -2.20. The summed E-state index contributed by atoms with van der Waals surface area (Å²) >= 11 is 1.32. The van der Waals surface area contributed by atoms with Crippen molar-refractivity contribution in [1.82, 2.24) is 9.36 Å². The SMILES string of the molecule is COC(C)(C)c1nsc(N2CCCS(=O)(=NC(=O)Cc3ccc(C)cc3)CC2)n1. The zero-order valence-electron chi connectivity index (χ0n) is 17.4. The fourth-order valence-corrected chi connectivity index (χ4v) is 5.77. The normalized spacial score (nSPS) is 20.3. The zero-order valence-corrected chi connectivity index (χ0v) is 19.0. The number of rotatable bonds is 5. The van der Waals surface area contributed by atoms with E-state index in [-0.39, 0.29) is 12.3 Å². The molecule has 29 heavy (non-hydrogen) atoms. The van der Waals surface area contributed by atoms with E-state index in [0.717, 1.165) is 22.8 Å². The van der Waals surface area contributed by atoms with Crippen LogP contribution in [0.1, 0.15) is 37.2 Å². The number of amides is 1. The van der Waals surface area contributed by atoms with E-state index in [1.54, 1.807) is 7.11 Å². The molecule has 1 saturated heterocycles. The first-order valence-electron chi connectivity index (χ1n) is 9.66. The van der Waals surface area contributed by atoms with E-state index >= 15 is 0 Å². The Labute approximate surface area is 176 Å². The highest BCUT2D eigenvalue weighted by molar-refractivity contribution is 7.93. The molecule has 0 aliphatic carbocycles.